The van der Waals surface area contributed by atoms with Gasteiger partial charge in [0, 0.05) is 51.5 Å². The molecule has 100 valence electrons. The summed E-state index contributed by atoms with van der Waals surface area (Å²) in [7, 11) is 1.91. The van der Waals surface area contributed by atoms with Crippen molar-refractivity contribution in [1.29, 1.82) is 0 Å². The highest BCUT2D eigenvalue weighted by Crippen LogP contribution is 2.08. The summed E-state index contributed by atoms with van der Waals surface area (Å²) >= 11 is 0. The number of aliphatic hydroxyl groups excluding tert-OH is 1. The smallest absolute Gasteiger partial charge is 0.251 e. The highest BCUT2D eigenvalue weighted by molar-refractivity contribution is 5.80. The Hall–Kier alpha value is -1.40. The quantitative estimate of drug-likeness (QED) is 0.784. The van der Waals surface area contributed by atoms with Crippen molar-refractivity contribution in [2.24, 2.45) is 7.05 Å². The Morgan fingerprint density at radius 2 is 2.11 bits per heavy atom. The molecule has 1 atom stereocenters. The molecule has 6 heteroatoms. The van der Waals surface area contributed by atoms with E-state index in [1.807, 2.05) is 19.4 Å². The van der Waals surface area contributed by atoms with E-state index in [0.717, 1.165) is 19.6 Å². The van der Waals surface area contributed by atoms with Crippen molar-refractivity contribution in [1.82, 2.24) is 19.6 Å². The van der Waals surface area contributed by atoms with Gasteiger partial charge in [0.25, 0.3) is 5.91 Å². The lowest BCUT2D eigenvalue weighted by Crippen LogP contribution is -2.50. The summed E-state index contributed by atoms with van der Waals surface area (Å²) < 4.78 is 1.79. The van der Waals surface area contributed by atoms with Crippen LogP contribution < -0.4 is 0 Å². The van der Waals surface area contributed by atoms with Gasteiger partial charge in [0.1, 0.15) is 6.10 Å². The van der Waals surface area contributed by atoms with Crippen LogP contribution in [-0.4, -0.2) is 62.9 Å². The van der Waals surface area contributed by atoms with Gasteiger partial charge in [0.2, 0.25) is 0 Å². The summed E-state index contributed by atoms with van der Waals surface area (Å²) in [6.45, 7) is 5.43. The third-order valence-electron chi connectivity index (χ3n) is 3.21. The Balaban J connectivity index is 1.82. The first kappa shape index (κ1) is 13.0. The van der Waals surface area contributed by atoms with E-state index in [-0.39, 0.29) is 5.91 Å². The highest BCUT2D eigenvalue weighted by atomic mass is 16.3. The standard InChI is InChI=1S/C12H20N4O2/c1-10(17)12(18)16-5-3-15(4-6-16)9-11-7-13-14(2)8-11/h7-8,10,17H,3-6,9H2,1-2H3. The lowest BCUT2D eigenvalue weighted by atomic mass is 10.2. The van der Waals surface area contributed by atoms with Crippen molar-refractivity contribution >= 4 is 5.91 Å². The maximum Gasteiger partial charge on any atom is 0.251 e. The molecule has 1 fully saturated rings. The van der Waals surface area contributed by atoms with Crippen LogP contribution in [0.2, 0.25) is 0 Å². The van der Waals surface area contributed by atoms with E-state index in [4.69, 9.17) is 0 Å². The Kier molecular flexibility index (Phi) is 3.98. The van der Waals surface area contributed by atoms with Crippen molar-refractivity contribution in [3.8, 4) is 0 Å². The van der Waals surface area contributed by atoms with E-state index in [9.17, 15) is 9.90 Å². The molecule has 6 nitrogen and oxygen atoms in total. The molecular formula is C12H20N4O2. The average Bonchev–Trinajstić information content (AvgIpc) is 2.75. The zero-order valence-electron chi connectivity index (χ0n) is 10.9. The fraction of sp³-hybridized carbons (Fsp3) is 0.667. The third-order valence-corrected chi connectivity index (χ3v) is 3.21. The molecule has 0 spiro atoms. The zero-order valence-corrected chi connectivity index (χ0v) is 10.9. The van der Waals surface area contributed by atoms with Crippen LogP contribution in [0.4, 0.5) is 0 Å². The molecule has 0 radical (unpaired) electrons. The Morgan fingerprint density at radius 3 is 2.61 bits per heavy atom. The average molecular weight is 252 g/mol. The first-order chi connectivity index (χ1) is 8.56. The number of rotatable bonds is 3. The molecule has 1 aliphatic rings. The predicted molar refractivity (Wildman–Crippen MR) is 66.7 cm³/mol. The van der Waals surface area contributed by atoms with Crippen LogP contribution in [0.15, 0.2) is 12.4 Å². The number of piperazine rings is 1. The van der Waals surface area contributed by atoms with Gasteiger partial charge in [-0.2, -0.15) is 5.10 Å². The number of hydrogen-bond acceptors (Lipinski definition) is 4. The van der Waals surface area contributed by atoms with Gasteiger partial charge in [-0.3, -0.25) is 14.4 Å². The molecule has 0 saturated carbocycles. The summed E-state index contributed by atoms with van der Waals surface area (Å²) in [5, 5.41) is 13.4. The van der Waals surface area contributed by atoms with Crippen molar-refractivity contribution in [3.05, 3.63) is 18.0 Å². The number of aromatic nitrogens is 2. The molecular weight excluding hydrogens is 232 g/mol. The van der Waals surface area contributed by atoms with Gasteiger partial charge in [0.05, 0.1) is 6.20 Å². The minimum atomic E-state index is -0.894. The minimum Gasteiger partial charge on any atom is -0.384 e. The van der Waals surface area contributed by atoms with Gasteiger partial charge in [-0.25, -0.2) is 0 Å². The van der Waals surface area contributed by atoms with Crippen LogP contribution in [0.1, 0.15) is 12.5 Å². The van der Waals surface area contributed by atoms with Gasteiger partial charge in [-0.1, -0.05) is 0 Å². The second-order valence-corrected chi connectivity index (χ2v) is 4.80. The molecule has 1 saturated heterocycles. The summed E-state index contributed by atoms with van der Waals surface area (Å²) in [6, 6.07) is 0. The van der Waals surface area contributed by atoms with Crippen molar-refractivity contribution in [3.63, 3.8) is 0 Å². The second kappa shape index (κ2) is 5.49. The minimum absolute atomic E-state index is 0.170. The Morgan fingerprint density at radius 1 is 1.44 bits per heavy atom. The van der Waals surface area contributed by atoms with E-state index in [2.05, 4.69) is 10.00 Å². The van der Waals surface area contributed by atoms with Gasteiger partial charge in [-0.05, 0) is 6.92 Å². The largest absolute Gasteiger partial charge is 0.384 e. The maximum atomic E-state index is 11.6. The molecule has 1 amide bonds. The monoisotopic (exact) mass is 252 g/mol. The molecule has 1 aromatic rings. The van der Waals surface area contributed by atoms with Crippen molar-refractivity contribution in [2.75, 3.05) is 26.2 Å². The van der Waals surface area contributed by atoms with Gasteiger partial charge >= 0.3 is 0 Å². The van der Waals surface area contributed by atoms with E-state index >= 15 is 0 Å². The number of aryl methyl sites for hydroxylation is 1. The highest BCUT2D eigenvalue weighted by Gasteiger charge is 2.23. The molecule has 0 aliphatic carbocycles. The number of nitrogens with zero attached hydrogens (tertiary/aromatic N) is 4. The predicted octanol–water partition coefficient (Wildman–Crippen LogP) is -0.555. The SMILES string of the molecule is CC(O)C(=O)N1CCN(Cc2cnn(C)c2)CC1. The molecule has 2 rings (SSSR count). The second-order valence-electron chi connectivity index (χ2n) is 4.80. The van der Waals surface area contributed by atoms with Crippen LogP contribution in [0.3, 0.4) is 0 Å². The van der Waals surface area contributed by atoms with E-state index < -0.39 is 6.10 Å². The number of carbonyl (C=O) groups excluding carboxylic acids is 1. The number of hydrogen-bond donors (Lipinski definition) is 1. The first-order valence-corrected chi connectivity index (χ1v) is 6.23. The fourth-order valence-electron chi connectivity index (χ4n) is 2.20. The summed E-state index contributed by atoms with van der Waals surface area (Å²) in [6.07, 6.45) is 2.98. The molecule has 18 heavy (non-hydrogen) atoms. The van der Waals surface area contributed by atoms with E-state index in [0.29, 0.717) is 13.1 Å². The molecule has 0 aromatic carbocycles. The molecule has 2 heterocycles. The van der Waals surface area contributed by atoms with E-state index in [1.165, 1.54) is 12.5 Å². The number of carbonyl (C=O) groups is 1. The first-order valence-electron chi connectivity index (χ1n) is 6.23. The maximum absolute atomic E-state index is 11.6. The summed E-state index contributed by atoms with van der Waals surface area (Å²) in [5.41, 5.74) is 1.19. The molecule has 1 aliphatic heterocycles. The zero-order chi connectivity index (χ0) is 13.1. The number of aliphatic hydroxyl groups is 1. The number of amides is 1. The molecule has 0 bridgehead atoms. The van der Waals surface area contributed by atoms with Crippen LogP contribution >= 0.6 is 0 Å². The summed E-state index contributed by atoms with van der Waals surface area (Å²) in [4.78, 5) is 15.6. The lowest BCUT2D eigenvalue weighted by Gasteiger charge is -2.35. The van der Waals surface area contributed by atoms with Crippen LogP contribution in [-0.2, 0) is 18.4 Å². The topological polar surface area (TPSA) is 61.6 Å². The van der Waals surface area contributed by atoms with Crippen molar-refractivity contribution < 1.29 is 9.90 Å². The lowest BCUT2D eigenvalue weighted by molar-refractivity contribution is -0.141. The Labute approximate surface area is 107 Å². The van der Waals surface area contributed by atoms with Gasteiger partial charge < -0.3 is 10.0 Å². The Bertz CT molecular complexity index is 408. The normalized spacial score (nSPS) is 18.9. The van der Waals surface area contributed by atoms with E-state index in [1.54, 1.807) is 9.58 Å². The summed E-state index contributed by atoms with van der Waals surface area (Å²) in [5.74, 6) is -0.170. The molecule has 1 unspecified atom stereocenters. The molecule has 1 N–H and O–H groups in total. The van der Waals surface area contributed by atoms with Crippen LogP contribution in [0.5, 0.6) is 0 Å². The van der Waals surface area contributed by atoms with Gasteiger partial charge in [-0.15, -0.1) is 0 Å². The van der Waals surface area contributed by atoms with Crippen LogP contribution in [0.25, 0.3) is 0 Å². The van der Waals surface area contributed by atoms with Crippen LogP contribution in [0, 0.1) is 0 Å². The molecule has 1 aromatic heterocycles. The fourth-order valence-corrected chi connectivity index (χ4v) is 2.20. The third kappa shape index (κ3) is 3.08. The van der Waals surface area contributed by atoms with Gasteiger partial charge in [0.15, 0.2) is 0 Å². The van der Waals surface area contributed by atoms with Crippen molar-refractivity contribution in [2.45, 2.75) is 19.6 Å².